The molecule has 2 rings (SSSR count). The quantitative estimate of drug-likeness (QED) is 0.702. The second-order valence-corrected chi connectivity index (χ2v) is 7.02. The molecule has 0 heterocycles. The molecule has 2 atom stereocenters. The minimum absolute atomic E-state index is 0.216. The average Bonchev–Trinajstić information content (AvgIpc) is 2.68. The van der Waals surface area contributed by atoms with E-state index in [9.17, 15) is 19.2 Å². The number of hydrogen-bond acceptors (Lipinski definition) is 6. The maximum Gasteiger partial charge on any atom is 0.414 e. The lowest BCUT2D eigenvalue weighted by molar-refractivity contribution is 0.00833. The Bertz CT molecular complexity index is 854. The highest BCUT2D eigenvalue weighted by Crippen LogP contribution is 2.11. The summed E-state index contributed by atoms with van der Waals surface area (Å²) in [6, 6.07) is 11.8. The normalized spacial score (nSPS) is 12.3. The van der Waals surface area contributed by atoms with Gasteiger partial charge in [-0.1, -0.05) is 23.2 Å². The Kier molecular flexibility index (Phi) is 8.20. The molecule has 0 saturated heterocycles. The van der Waals surface area contributed by atoms with Crippen LogP contribution in [0.3, 0.4) is 0 Å². The lowest BCUT2D eigenvalue weighted by Crippen LogP contribution is -2.40. The number of alkyl carbamates (subject to hydrolysis) is 2. The Morgan fingerprint density at radius 2 is 0.967 bits per heavy atom. The second-order valence-electron chi connectivity index (χ2n) is 6.14. The predicted molar refractivity (Wildman–Crippen MR) is 110 cm³/mol. The minimum Gasteiger partial charge on any atom is -0.442 e. The van der Waals surface area contributed by atoms with Crippen LogP contribution in [0.25, 0.3) is 0 Å². The lowest BCUT2D eigenvalue weighted by atomic mass is 10.2. The zero-order valence-electron chi connectivity index (χ0n) is 16.0. The van der Waals surface area contributed by atoms with Gasteiger partial charge in [0.2, 0.25) is 0 Å². The number of imide groups is 2. The third kappa shape index (κ3) is 7.06. The Hall–Kier alpha value is -3.10. The first-order valence-electron chi connectivity index (χ1n) is 8.70. The van der Waals surface area contributed by atoms with Crippen LogP contribution in [-0.2, 0) is 9.47 Å². The Balaban J connectivity index is 1.80. The summed E-state index contributed by atoms with van der Waals surface area (Å²) in [6.07, 6.45) is -3.84. The number of halogens is 2. The van der Waals surface area contributed by atoms with Crippen LogP contribution in [0.4, 0.5) is 9.59 Å². The highest BCUT2D eigenvalue weighted by Gasteiger charge is 2.23. The largest absolute Gasteiger partial charge is 0.442 e. The molecule has 0 aliphatic rings. The SMILES string of the molecule is C[C@H](OC(=O)NC(=O)c1ccc(Cl)cc1)[C@H](C)OC(=O)NC(=O)c1ccc(Cl)cc1. The highest BCUT2D eigenvalue weighted by molar-refractivity contribution is 6.31. The van der Waals surface area contributed by atoms with Gasteiger partial charge in [0.15, 0.2) is 0 Å². The van der Waals surface area contributed by atoms with Gasteiger partial charge in [0.25, 0.3) is 11.8 Å². The first-order valence-corrected chi connectivity index (χ1v) is 9.46. The molecule has 0 bridgehead atoms. The van der Waals surface area contributed by atoms with Gasteiger partial charge >= 0.3 is 12.2 Å². The van der Waals surface area contributed by atoms with E-state index in [4.69, 9.17) is 32.7 Å². The van der Waals surface area contributed by atoms with Crippen molar-refractivity contribution in [2.45, 2.75) is 26.1 Å². The number of benzene rings is 2. The van der Waals surface area contributed by atoms with Crippen molar-refractivity contribution in [1.82, 2.24) is 10.6 Å². The van der Waals surface area contributed by atoms with Crippen molar-refractivity contribution < 1.29 is 28.7 Å². The number of nitrogens with one attached hydrogen (secondary N) is 2. The van der Waals surface area contributed by atoms with E-state index in [0.29, 0.717) is 10.0 Å². The van der Waals surface area contributed by atoms with Crippen molar-refractivity contribution in [2.75, 3.05) is 0 Å². The van der Waals surface area contributed by atoms with Gasteiger partial charge in [0.05, 0.1) is 0 Å². The summed E-state index contributed by atoms with van der Waals surface area (Å²) in [6.45, 7) is 2.93. The standard InChI is InChI=1S/C20H18Cl2N2O6/c1-11(29-19(27)23-17(25)13-3-7-15(21)8-4-13)12(2)30-20(28)24-18(26)14-5-9-16(22)10-6-14/h3-12H,1-2H3,(H,23,25,27)(H,24,26,28)/t11-,12-/m0/s1. The zero-order chi connectivity index (χ0) is 22.3. The first-order chi connectivity index (χ1) is 14.2. The highest BCUT2D eigenvalue weighted by atomic mass is 35.5. The summed E-state index contributed by atoms with van der Waals surface area (Å²) < 4.78 is 10.1. The number of carbonyl (C=O) groups excluding carboxylic acids is 4. The number of ether oxygens (including phenoxy) is 2. The maximum atomic E-state index is 12.0. The molecule has 4 amide bonds. The average molecular weight is 453 g/mol. The summed E-state index contributed by atoms with van der Waals surface area (Å²) >= 11 is 11.5. The summed E-state index contributed by atoms with van der Waals surface area (Å²) in [7, 11) is 0. The van der Waals surface area contributed by atoms with Gasteiger partial charge in [-0.3, -0.25) is 20.2 Å². The van der Waals surface area contributed by atoms with E-state index in [2.05, 4.69) is 0 Å². The van der Waals surface area contributed by atoms with Crippen molar-refractivity contribution in [3.05, 3.63) is 69.7 Å². The van der Waals surface area contributed by atoms with Crippen LogP contribution in [-0.4, -0.2) is 36.2 Å². The Morgan fingerprint density at radius 1 is 0.667 bits per heavy atom. The third-order valence-corrected chi connectivity index (χ3v) is 4.39. The van der Waals surface area contributed by atoms with E-state index in [-0.39, 0.29) is 11.1 Å². The zero-order valence-corrected chi connectivity index (χ0v) is 17.5. The molecule has 30 heavy (non-hydrogen) atoms. The van der Waals surface area contributed by atoms with Gasteiger partial charge in [-0.05, 0) is 62.4 Å². The molecular formula is C20H18Cl2N2O6. The Labute approximate surface area is 182 Å². The van der Waals surface area contributed by atoms with Gasteiger partial charge in [0, 0.05) is 21.2 Å². The van der Waals surface area contributed by atoms with E-state index in [1.807, 2.05) is 10.6 Å². The van der Waals surface area contributed by atoms with Crippen LogP contribution in [0, 0.1) is 0 Å². The minimum atomic E-state index is -1.02. The van der Waals surface area contributed by atoms with Gasteiger partial charge in [0.1, 0.15) is 12.2 Å². The summed E-state index contributed by atoms with van der Waals surface area (Å²) in [4.78, 5) is 47.7. The summed E-state index contributed by atoms with van der Waals surface area (Å²) in [5.41, 5.74) is 0.432. The van der Waals surface area contributed by atoms with Crippen molar-refractivity contribution in [3.8, 4) is 0 Å². The molecule has 0 radical (unpaired) electrons. The first kappa shape index (κ1) is 23.2. The molecule has 0 saturated carbocycles. The van der Waals surface area contributed by atoms with E-state index in [1.165, 1.54) is 62.4 Å². The van der Waals surface area contributed by atoms with Crippen LogP contribution in [0.1, 0.15) is 34.6 Å². The van der Waals surface area contributed by atoms with Gasteiger partial charge in [-0.25, -0.2) is 9.59 Å². The van der Waals surface area contributed by atoms with Crippen LogP contribution in [0.15, 0.2) is 48.5 Å². The predicted octanol–water partition coefficient (Wildman–Crippen LogP) is 4.20. The fraction of sp³-hybridized carbons (Fsp3) is 0.200. The molecule has 0 aliphatic heterocycles. The molecule has 8 nitrogen and oxygen atoms in total. The van der Waals surface area contributed by atoms with Crippen molar-refractivity contribution in [3.63, 3.8) is 0 Å². The third-order valence-electron chi connectivity index (χ3n) is 3.89. The van der Waals surface area contributed by atoms with Crippen LogP contribution in [0.2, 0.25) is 10.0 Å². The number of amides is 4. The molecule has 0 spiro atoms. The van der Waals surface area contributed by atoms with E-state index < -0.39 is 36.2 Å². The smallest absolute Gasteiger partial charge is 0.414 e. The van der Waals surface area contributed by atoms with Crippen LogP contribution >= 0.6 is 23.2 Å². The van der Waals surface area contributed by atoms with Crippen molar-refractivity contribution in [2.24, 2.45) is 0 Å². The van der Waals surface area contributed by atoms with E-state index in [0.717, 1.165) is 0 Å². The summed E-state index contributed by atoms with van der Waals surface area (Å²) in [5, 5.41) is 4.99. The van der Waals surface area contributed by atoms with Gasteiger partial charge in [-0.2, -0.15) is 0 Å². The molecule has 0 aromatic heterocycles. The van der Waals surface area contributed by atoms with Crippen LogP contribution in [0.5, 0.6) is 0 Å². The fourth-order valence-corrected chi connectivity index (χ4v) is 2.37. The summed E-state index contributed by atoms with van der Waals surface area (Å²) in [5.74, 6) is -1.35. The topological polar surface area (TPSA) is 111 Å². The number of hydrogen-bond donors (Lipinski definition) is 2. The molecule has 0 unspecified atom stereocenters. The number of carbonyl (C=O) groups is 4. The molecule has 2 aromatic rings. The van der Waals surface area contributed by atoms with Crippen molar-refractivity contribution in [1.29, 1.82) is 0 Å². The molecule has 10 heteroatoms. The molecule has 2 aromatic carbocycles. The number of rotatable bonds is 5. The fourth-order valence-electron chi connectivity index (χ4n) is 2.12. The molecule has 158 valence electrons. The second kappa shape index (κ2) is 10.6. The van der Waals surface area contributed by atoms with E-state index in [1.54, 1.807) is 0 Å². The molecular weight excluding hydrogens is 435 g/mol. The Morgan fingerprint density at radius 3 is 1.27 bits per heavy atom. The molecule has 0 fully saturated rings. The lowest BCUT2D eigenvalue weighted by Gasteiger charge is -2.20. The van der Waals surface area contributed by atoms with Gasteiger partial charge in [-0.15, -0.1) is 0 Å². The molecule has 0 aliphatic carbocycles. The van der Waals surface area contributed by atoms with E-state index >= 15 is 0 Å². The molecule has 2 N–H and O–H groups in total. The van der Waals surface area contributed by atoms with Crippen LogP contribution < -0.4 is 10.6 Å². The van der Waals surface area contributed by atoms with Crippen molar-refractivity contribution >= 4 is 47.2 Å². The van der Waals surface area contributed by atoms with Gasteiger partial charge < -0.3 is 9.47 Å². The maximum absolute atomic E-state index is 12.0. The monoisotopic (exact) mass is 452 g/mol.